The van der Waals surface area contributed by atoms with Crippen LogP contribution in [0.4, 0.5) is 5.82 Å². The molecule has 0 amide bonds. The van der Waals surface area contributed by atoms with Crippen molar-refractivity contribution in [2.24, 2.45) is 0 Å². The van der Waals surface area contributed by atoms with E-state index >= 15 is 0 Å². The molecule has 2 N–H and O–H groups in total. The molecule has 0 aliphatic carbocycles. The topological polar surface area (TPSA) is 67.3 Å². The van der Waals surface area contributed by atoms with Crippen molar-refractivity contribution in [3.8, 4) is 5.88 Å². The molecule has 1 aromatic rings. The van der Waals surface area contributed by atoms with Gasteiger partial charge in [-0.05, 0) is 6.92 Å². The van der Waals surface area contributed by atoms with E-state index in [1.165, 1.54) is 7.11 Å². The SMILES string of the molecule is COc1nccnc1N[C@@H](C)CO. The van der Waals surface area contributed by atoms with Crippen molar-refractivity contribution in [2.45, 2.75) is 13.0 Å². The Bertz CT molecular complexity index is 267. The van der Waals surface area contributed by atoms with Crippen LogP contribution in [-0.2, 0) is 0 Å². The normalized spacial score (nSPS) is 12.2. The third kappa shape index (κ3) is 2.55. The zero-order valence-corrected chi connectivity index (χ0v) is 7.69. The highest BCUT2D eigenvalue weighted by Gasteiger charge is 2.07. The largest absolute Gasteiger partial charge is 0.478 e. The molecule has 13 heavy (non-hydrogen) atoms. The monoisotopic (exact) mass is 183 g/mol. The predicted octanol–water partition coefficient (Wildman–Crippen LogP) is 0.278. The first-order valence-corrected chi connectivity index (χ1v) is 4.00. The van der Waals surface area contributed by atoms with E-state index in [0.717, 1.165) is 0 Å². The van der Waals surface area contributed by atoms with Gasteiger partial charge in [-0.2, -0.15) is 0 Å². The lowest BCUT2D eigenvalue weighted by Crippen LogP contribution is -2.20. The smallest absolute Gasteiger partial charge is 0.257 e. The molecule has 0 fully saturated rings. The minimum atomic E-state index is -0.0643. The van der Waals surface area contributed by atoms with Crippen LogP contribution in [0.5, 0.6) is 5.88 Å². The molecule has 0 saturated heterocycles. The first-order valence-electron chi connectivity index (χ1n) is 4.00. The molecule has 1 atom stereocenters. The number of methoxy groups -OCH3 is 1. The van der Waals surface area contributed by atoms with Crippen molar-refractivity contribution < 1.29 is 9.84 Å². The molecule has 0 radical (unpaired) electrons. The predicted molar refractivity (Wildman–Crippen MR) is 48.8 cm³/mol. The number of aromatic nitrogens is 2. The van der Waals surface area contributed by atoms with Gasteiger partial charge in [0.1, 0.15) is 0 Å². The van der Waals surface area contributed by atoms with E-state index in [1.54, 1.807) is 12.4 Å². The minimum absolute atomic E-state index is 0.0414. The molecular formula is C8H13N3O2. The van der Waals surface area contributed by atoms with Crippen molar-refractivity contribution in [1.29, 1.82) is 0 Å². The van der Waals surface area contributed by atoms with Crippen LogP contribution in [0.2, 0.25) is 0 Å². The number of hydrogen-bond donors (Lipinski definition) is 2. The molecule has 0 aliphatic rings. The fraction of sp³-hybridized carbons (Fsp3) is 0.500. The summed E-state index contributed by atoms with van der Waals surface area (Å²) in [7, 11) is 1.53. The van der Waals surface area contributed by atoms with Crippen LogP contribution in [0.1, 0.15) is 6.92 Å². The summed E-state index contributed by atoms with van der Waals surface area (Å²) < 4.78 is 4.97. The number of aliphatic hydroxyl groups excluding tert-OH is 1. The molecule has 5 heteroatoms. The minimum Gasteiger partial charge on any atom is -0.478 e. The Morgan fingerprint density at radius 1 is 1.54 bits per heavy atom. The van der Waals surface area contributed by atoms with Crippen molar-refractivity contribution >= 4 is 5.82 Å². The number of anilines is 1. The number of rotatable bonds is 4. The van der Waals surface area contributed by atoms with Gasteiger partial charge in [0.15, 0.2) is 5.82 Å². The van der Waals surface area contributed by atoms with E-state index in [1.807, 2.05) is 6.92 Å². The van der Waals surface area contributed by atoms with Crippen LogP contribution in [0.3, 0.4) is 0 Å². The Labute approximate surface area is 76.8 Å². The lowest BCUT2D eigenvalue weighted by Gasteiger charge is -2.12. The van der Waals surface area contributed by atoms with Crippen LogP contribution in [0, 0.1) is 0 Å². The molecule has 1 rings (SSSR count). The second-order valence-electron chi connectivity index (χ2n) is 2.64. The molecule has 1 aromatic heterocycles. The zero-order valence-electron chi connectivity index (χ0n) is 7.69. The number of nitrogens with zero attached hydrogens (tertiary/aromatic N) is 2. The highest BCUT2D eigenvalue weighted by molar-refractivity contribution is 5.45. The van der Waals surface area contributed by atoms with Gasteiger partial charge in [0.25, 0.3) is 5.88 Å². The van der Waals surface area contributed by atoms with Crippen LogP contribution >= 0.6 is 0 Å². The van der Waals surface area contributed by atoms with Gasteiger partial charge >= 0.3 is 0 Å². The van der Waals surface area contributed by atoms with Crippen molar-refractivity contribution in [3.63, 3.8) is 0 Å². The van der Waals surface area contributed by atoms with Crippen LogP contribution in [0.15, 0.2) is 12.4 Å². The van der Waals surface area contributed by atoms with Gasteiger partial charge < -0.3 is 15.2 Å². The van der Waals surface area contributed by atoms with Gasteiger partial charge in [0.2, 0.25) is 0 Å². The van der Waals surface area contributed by atoms with E-state index in [2.05, 4.69) is 15.3 Å². The lowest BCUT2D eigenvalue weighted by molar-refractivity contribution is 0.280. The Kier molecular flexibility index (Phi) is 3.45. The molecule has 0 aliphatic heterocycles. The molecule has 0 bridgehead atoms. The molecule has 0 spiro atoms. The van der Waals surface area contributed by atoms with Crippen LogP contribution < -0.4 is 10.1 Å². The Balaban J connectivity index is 2.74. The number of hydrogen-bond acceptors (Lipinski definition) is 5. The Morgan fingerprint density at radius 2 is 2.23 bits per heavy atom. The molecule has 5 nitrogen and oxygen atoms in total. The molecule has 0 aromatic carbocycles. The highest BCUT2D eigenvalue weighted by atomic mass is 16.5. The van der Waals surface area contributed by atoms with Gasteiger partial charge in [-0.3, -0.25) is 0 Å². The quantitative estimate of drug-likeness (QED) is 0.701. The summed E-state index contributed by atoms with van der Waals surface area (Å²) in [5, 5.41) is 11.8. The zero-order chi connectivity index (χ0) is 9.68. The molecule has 0 saturated carbocycles. The first kappa shape index (κ1) is 9.73. The van der Waals surface area contributed by atoms with Gasteiger partial charge in [0, 0.05) is 18.4 Å². The average molecular weight is 183 g/mol. The average Bonchev–Trinajstić information content (AvgIpc) is 2.18. The van der Waals surface area contributed by atoms with E-state index in [-0.39, 0.29) is 12.6 Å². The molecule has 72 valence electrons. The second-order valence-corrected chi connectivity index (χ2v) is 2.64. The van der Waals surface area contributed by atoms with E-state index < -0.39 is 0 Å². The van der Waals surface area contributed by atoms with Gasteiger partial charge in [-0.25, -0.2) is 9.97 Å². The maximum Gasteiger partial charge on any atom is 0.257 e. The van der Waals surface area contributed by atoms with Gasteiger partial charge in [-0.15, -0.1) is 0 Å². The first-order chi connectivity index (χ1) is 6.27. The Morgan fingerprint density at radius 3 is 2.85 bits per heavy atom. The maximum absolute atomic E-state index is 8.81. The highest BCUT2D eigenvalue weighted by Crippen LogP contribution is 2.16. The van der Waals surface area contributed by atoms with Crippen molar-refractivity contribution in [3.05, 3.63) is 12.4 Å². The second kappa shape index (κ2) is 4.61. The summed E-state index contributed by atoms with van der Waals surface area (Å²) >= 11 is 0. The third-order valence-electron chi connectivity index (χ3n) is 1.51. The fourth-order valence-corrected chi connectivity index (χ4v) is 0.853. The Hall–Kier alpha value is -1.36. The van der Waals surface area contributed by atoms with E-state index in [9.17, 15) is 0 Å². The number of aliphatic hydroxyl groups is 1. The third-order valence-corrected chi connectivity index (χ3v) is 1.51. The van der Waals surface area contributed by atoms with Gasteiger partial charge in [-0.1, -0.05) is 0 Å². The van der Waals surface area contributed by atoms with E-state index in [4.69, 9.17) is 9.84 Å². The summed E-state index contributed by atoms with van der Waals surface area (Å²) in [4.78, 5) is 7.98. The summed E-state index contributed by atoms with van der Waals surface area (Å²) in [5.41, 5.74) is 0. The van der Waals surface area contributed by atoms with Crippen molar-refractivity contribution in [1.82, 2.24) is 9.97 Å². The summed E-state index contributed by atoms with van der Waals surface area (Å²) in [6, 6.07) is -0.0643. The van der Waals surface area contributed by atoms with Crippen LogP contribution in [-0.4, -0.2) is 34.8 Å². The summed E-state index contributed by atoms with van der Waals surface area (Å²) in [6.45, 7) is 1.88. The lowest BCUT2D eigenvalue weighted by atomic mass is 10.3. The number of nitrogens with one attached hydrogen (secondary N) is 1. The fourth-order valence-electron chi connectivity index (χ4n) is 0.853. The summed E-state index contributed by atoms with van der Waals surface area (Å²) in [5.74, 6) is 0.981. The maximum atomic E-state index is 8.81. The summed E-state index contributed by atoms with van der Waals surface area (Å²) in [6.07, 6.45) is 3.11. The number of ether oxygens (including phenoxy) is 1. The molecule has 0 unspecified atom stereocenters. The van der Waals surface area contributed by atoms with Crippen LogP contribution in [0.25, 0.3) is 0 Å². The van der Waals surface area contributed by atoms with Crippen molar-refractivity contribution in [2.75, 3.05) is 19.0 Å². The van der Waals surface area contributed by atoms with E-state index in [0.29, 0.717) is 11.7 Å². The standard InChI is InChI=1S/C8H13N3O2/c1-6(5-12)11-7-8(13-2)10-4-3-9-7/h3-4,6,12H,5H2,1-2H3,(H,9,11)/t6-/m0/s1. The molecule has 1 heterocycles. The molecular weight excluding hydrogens is 170 g/mol. The van der Waals surface area contributed by atoms with Gasteiger partial charge in [0.05, 0.1) is 13.7 Å².